The molecular weight excluding hydrogens is 444 g/mol. The highest BCUT2D eigenvalue weighted by molar-refractivity contribution is 7.15. The summed E-state index contributed by atoms with van der Waals surface area (Å²) in [5.41, 5.74) is -0.673. The van der Waals surface area contributed by atoms with Crippen LogP contribution in [0.15, 0.2) is 6.20 Å². The van der Waals surface area contributed by atoms with E-state index in [-0.39, 0.29) is 17.3 Å². The number of urea groups is 1. The highest BCUT2D eigenvalue weighted by atomic mass is 32.1. The van der Waals surface area contributed by atoms with Gasteiger partial charge in [0.1, 0.15) is 5.60 Å². The molecule has 0 radical (unpaired) electrons. The van der Waals surface area contributed by atoms with Gasteiger partial charge in [-0.1, -0.05) is 11.3 Å². The molecule has 3 heterocycles. The summed E-state index contributed by atoms with van der Waals surface area (Å²) in [5, 5.41) is 5.12. The maximum atomic E-state index is 14.2. The number of thiazole rings is 1. The number of morpholine rings is 1. The van der Waals surface area contributed by atoms with Crippen LogP contribution in [0.3, 0.4) is 0 Å². The number of nitrogens with one attached hydrogen (secondary N) is 2. The fourth-order valence-electron chi connectivity index (χ4n) is 3.62. The molecule has 0 aliphatic carbocycles. The van der Waals surface area contributed by atoms with E-state index in [1.165, 1.54) is 6.20 Å². The van der Waals surface area contributed by atoms with Gasteiger partial charge in [-0.2, -0.15) is 0 Å². The monoisotopic (exact) mass is 475 g/mol. The normalized spacial score (nSPS) is 25.2. The maximum absolute atomic E-state index is 14.2. The summed E-state index contributed by atoms with van der Waals surface area (Å²) in [6, 6.07) is -1.15. The molecule has 1 aromatic rings. The first-order chi connectivity index (χ1) is 14.8. The molecule has 2 aliphatic heterocycles. The minimum absolute atomic E-state index is 0.00525. The Morgan fingerprint density at radius 2 is 2.19 bits per heavy atom. The summed E-state index contributed by atoms with van der Waals surface area (Å²) >= 11 is 1.13. The lowest BCUT2D eigenvalue weighted by atomic mass is 10.1. The lowest BCUT2D eigenvalue weighted by Crippen LogP contribution is -2.59. The van der Waals surface area contributed by atoms with E-state index in [1.807, 2.05) is 13.8 Å². The number of alkyl halides is 2. The SMILES string of the molecule is C[C@@H]1CN(CC(c2cnc(NC(=O)OC(C)(C)C)s2)N2CC(F)(F)CNC2=O)[C@H](C)CO1. The Bertz CT molecular complexity index is 831. The van der Waals surface area contributed by atoms with Crippen LogP contribution < -0.4 is 10.6 Å². The minimum atomic E-state index is -3.04. The van der Waals surface area contributed by atoms with Crippen LogP contribution in [0.25, 0.3) is 0 Å². The predicted octanol–water partition coefficient (Wildman–Crippen LogP) is 3.30. The quantitative estimate of drug-likeness (QED) is 0.679. The Balaban J connectivity index is 1.83. The molecule has 3 atom stereocenters. The van der Waals surface area contributed by atoms with Crippen LogP contribution in [0, 0.1) is 0 Å². The van der Waals surface area contributed by atoms with Crippen LogP contribution >= 0.6 is 11.3 Å². The van der Waals surface area contributed by atoms with Gasteiger partial charge in [-0.05, 0) is 34.6 Å². The molecule has 3 amide bonds. The van der Waals surface area contributed by atoms with E-state index in [2.05, 4.69) is 20.5 Å². The molecule has 2 aliphatic rings. The van der Waals surface area contributed by atoms with Gasteiger partial charge in [-0.3, -0.25) is 10.2 Å². The van der Waals surface area contributed by atoms with Gasteiger partial charge in [0.25, 0.3) is 5.92 Å². The number of hydrogen-bond acceptors (Lipinski definition) is 7. The van der Waals surface area contributed by atoms with Crippen molar-refractivity contribution >= 4 is 28.6 Å². The second-order valence-electron chi connectivity index (χ2n) is 9.30. The molecule has 0 spiro atoms. The van der Waals surface area contributed by atoms with Gasteiger partial charge in [-0.15, -0.1) is 0 Å². The number of halogens is 2. The lowest BCUT2D eigenvalue weighted by molar-refractivity contribution is -0.0698. The van der Waals surface area contributed by atoms with E-state index in [4.69, 9.17) is 9.47 Å². The largest absolute Gasteiger partial charge is 0.444 e. The summed E-state index contributed by atoms with van der Waals surface area (Å²) in [6.07, 6.45) is 0.846. The number of carbonyl (C=O) groups is 2. The second kappa shape index (κ2) is 9.44. The van der Waals surface area contributed by atoms with Crippen LogP contribution in [-0.4, -0.2) is 83.4 Å². The van der Waals surface area contributed by atoms with Crippen molar-refractivity contribution in [1.29, 1.82) is 0 Å². The van der Waals surface area contributed by atoms with Crippen LogP contribution in [0.4, 0.5) is 23.5 Å². The zero-order valence-corrected chi connectivity index (χ0v) is 19.8. The van der Waals surface area contributed by atoms with E-state index >= 15 is 0 Å². The predicted molar refractivity (Wildman–Crippen MR) is 116 cm³/mol. The Morgan fingerprint density at radius 3 is 2.88 bits per heavy atom. The third-order valence-corrected chi connectivity index (χ3v) is 6.16. The zero-order valence-electron chi connectivity index (χ0n) is 19.0. The Hall–Kier alpha value is -2.05. The van der Waals surface area contributed by atoms with Crippen molar-refractivity contribution < 1.29 is 27.8 Å². The standard InChI is InChI=1S/C20H31F2N5O4S/c1-12-9-30-13(2)7-26(12)8-14(27-11-20(21,22)10-24-17(27)28)15-6-23-16(32-15)25-18(29)31-19(3,4)5/h6,12-14H,7-11H2,1-5H3,(H,24,28)(H,23,25,29)/t12-,13-,14?/m1/s1. The van der Waals surface area contributed by atoms with Crippen molar-refractivity contribution in [2.24, 2.45) is 0 Å². The van der Waals surface area contributed by atoms with E-state index in [0.29, 0.717) is 24.6 Å². The van der Waals surface area contributed by atoms with Gasteiger partial charge in [-0.25, -0.2) is 23.4 Å². The highest BCUT2D eigenvalue weighted by Gasteiger charge is 2.43. The second-order valence-corrected chi connectivity index (χ2v) is 10.4. The van der Waals surface area contributed by atoms with Gasteiger partial charge in [0.15, 0.2) is 5.13 Å². The van der Waals surface area contributed by atoms with Gasteiger partial charge >= 0.3 is 12.1 Å². The van der Waals surface area contributed by atoms with Crippen molar-refractivity contribution in [3.8, 4) is 0 Å². The summed E-state index contributed by atoms with van der Waals surface area (Å²) < 4.78 is 39.3. The smallest absolute Gasteiger partial charge is 0.413 e. The van der Waals surface area contributed by atoms with Gasteiger partial charge in [0.05, 0.1) is 36.7 Å². The maximum Gasteiger partial charge on any atom is 0.413 e. The fraction of sp³-hybridized carbons (Fsp3) is 0.750. The molecule has 1 unspecified atom stereocenters. The molecular formula is C20H31F2N5O4S. The van der Waals surface area contributed by atoms with Gasteiger partial charge < -0.3 is 19.7 Å². The van der Waals surface area contributed by atoms with Crippen molar-refractivity contribution in [3.63, 3.8) is 0 Å². The number of ether oxygens (including phenoxy) is 2. The van der Waals surface area contributed by atoms with Crippen molar-refractivity contribution in [2.45, 2.75) is 64.3 Å². The van der Waals surface area contributed by atoms with Crippen LogP contribution in [-0.2, 0) is 9.47 Å². The third kappa shape index (κ3) is 6.48. The van der Waals surface area contributed by atoms with E-state index in [9.17, 15) is 18.4 Å². The molecule has 9 nitrogen and oxygen atoms in total. The molecule has 2 N–H and O–H groups in total. The van der Waals surface area contributed by atoms with Crippen molar-refractivity contribution in [3.05, 3.63) is 11.1 Å². The average Bonchev–Trinajstić information content (AvgIpc) is 3.11. The van der Waals surface area contributed by atoms with E-state index in [1.54, 1.807) is 20.8 Å². The average molecular weight is 476 g/mol. The van der Waals surface area contributed by atoms with Crippen molar-refractivity contribution in [1.82, 2.24) is 20.1 Å². The number of rotatable bonds is 5. The Morgan fingerprint density at radius 1 is 1.47 bits per heavy atom. The molecule has 0 bridgehead atoms. The van der Waals surface area contributed by atoms with E-state index < -0.39 is 42.8 Å². The molecule has 2 fully saturated rings. The first-order valence-electron chi connectivity index (χ1n) is 10.6. The molecule has 12 heteroatoms. The zero-order chi connectivity index (χ0) is 23.7. The first kappa shape index (κ1) is 24.6. The van der Waals surface area contributed by atoms with Crippen LogP contribution in [0.2, 0.25) is 0 Å². The van der Waals surface area contributed by atoms with Gasteiger partial charge in [0, 0.05) is 25.3 Å². The van der Waals surface area contributed by atoms with E-state index in [0.717, 1.165) is 16.2 Å². The van der Waals surface area contributed by atoms with Gasteiger partial charge in [0.2, 0.25) is 0 Å². The third-order valence-electron chi connectivity index (χ3n) is 5.14. The number of anilines is 1. The minimum Gasteiger partial charge on any atom is -0.444 e. The number of carbonyl (C=O) groups excluding carboxylic acids is 2. The first-order valence-corrected chi connectivity index (χ1v) is 11.4. The Labute approximate surface area is 190 Å². The molecule has 1 aromatic heterocycles. The summed E-state index contributed by atoms with van der Waals surface area (Å²) in [4.78, 5) is 32.7. The molecule has 180 valence electrons. The topological polar surface area (TPSA) is 96.0 Å². The van der Waals surface area contributed by atoms with Crippen molar-refractivity contribution in [2.75, 3.05) is 38.1 Å². The number of nitrogens with zero attached hydrogens (tertiary/aromatic N) is 3. The highest BCUT2D eigenvalue weighted by Crippen LogP contribution is 2.34. The molecule has 0 saturated carbocycles. The molecule has 3 rings (SSSR count). The number of hydrogen-bond donors (Lipinski definition) is 2. The van der Waals surface area contributed by atoms with Crippen LogP contribution in [0.5, 0.6) is 0 Å². The van der Waals surface area contributed by atoms with Crippen LogP contribution in [0.1, 0.15) is 45.5 Å². The summed E-state index contributed by atoms with van der Waals surface area (Å²) in [6.45, 7) is 9.28. The summed E-state index contributed by atoms with van der Waals surface area (Å²) in [7, 11) is 0. The number of aromatic nitrogens is 1. The molecule has 0 aromatic carbocycles. The Kier molecular flexibility index (Phi) is 7.25. The lowest BCUT2D eigenvalue weighted by Gasteiger charge is -2.43. The molecule has 2 saturated heterocycles. The summed E-state index contributed by atoms with van der Waals surface area (Å²) in [5.74, 6) is -3.04. The fourth-order valence-corrected chi connectivity index (χ4v) is 4.52. The molecule has 32 heavy (non-hydrogen) atoms. The number of amides is 3.